The van der Waals surface area contributed by atoms with Gasteiger partial charge in [-0.15, -0.1) is 0 Å². The second-order valence-corrected chi connectivity index (χ2v) is 5.05. The van der Waals surface area contributed by atoms with Gasteiger partial charge in [0.15, 0.2) is 12.4 Å². The Morgan fingerprint density at radius 1 is 1.22 bits per heavy atom. The van der Waals surface area contributed by atoms with Crippen LogP contribution in [0.1, 0.15) is 16.1 Å². The molecule has 1 aromatic carbocycles. The third-order valence-corrected chi connectivity index (χ3v) is 3.51. The van der Waals surface area contributed by atoms with Crippen molar-refractivity contribution in [1.82, 2.24) is 9.55 Å². The van der Waals surface area contributed by atoms with Crippen LogP contribution >= 0.6 is 11.6 Å². The lowest BCUT2D eigenvalue weighted by Gasteiger charge is -2.11. The molecule has 6 nitrogen and oxygen atoms in total. The molecule has 0 atom stereocenters. The lowest BCUT2D eigenvalue weighted by atomic mass is 10.1. The average Bonchev–Trinajstić information content (AvgIpc) is 2.82. The molecule has 1 aromatic heterocycles. The minimum atomic E-state index is -4.87. The Bertz CT molecular complexity index is 914. The summed E-state index contributed by atoms with van der Waals surface area (Å²) in [5.74, 6) is -0.571. The van der Waals surface area contributed by atoms with Crippen LogP contribution in [0.4, 0.5) is 13.2 Å². The van der Waals surface area contributed by atoms with Crippen LogP contribution in [-0.4, -0.2) is 21.9 Å². The molecule has 1 N–H and O–H groups in total. The lowest BCUT2D eigenvalue weighted by Crippen LogP contribution is -2.36. The van der Waals surface area contributed by atoms with E-state index >= 15 is 0 Å². The van der Waals surface area contributed by atoms with Crippen molar-refractivity contribution in [3.8, 4) is 11.4 Å². The Morgan fingerprint density at radius 3 is 2.52 bits per heavy atom. The molecular formula is C13H6ClF3N2O4. The van der Waals surface area contributed by atoms with Crippen molar-refractivity contribution in [2.24, 2.45) is 0 Å². The number of H-pyrrole nitrogens is 1. The standard InChI is InChI=1S/C13H6ClF3N2O4/c14-5-1-2-6(11-10(5)7(20)4-23-11)19-9(21)3-8(13(15,16)17)18-12(19)22/h1-3H,4H2,(H,18,22). The van der Waals surface area contributed by atoms with Gasteiger partial charge in [-0.3, -0.25) is 9.59 Å². The first-order valence-electron chi connectivity index (χ1n) is 6.12. The number of Topliss-reactive ketones (excluding diaryl/α,β-unsaturated/α-hetero) is 1. The van der Waals surface area contributed by atoms with Gasteiger partial charge in [0.2, 0.25) is 5.78 Å². The van der Waals surface area contributed by atoms with Crippen LogP contribution in [0.3, 0.4) is 0 Å². The minimum absolute atomic E-state index is 0.0182. The third kappa shape index (κ3) is 2.42. The molecule has 10 heteroatoms. The molecule has 1 aliphatic rings. The number of benzene rings is 1. The molecule has 0 unspecified atom stereocenters. The molecule has 0 saturated heterocycles. The molecule has 0 aliphatic carbocycles. The van der Waals surface area contributed by atoms with Gasteiger partial charge in [0.1, 0.15) is 5.69 Å². The summed E-state index contributed by atoms with van der Waals surface area (Å²) in [5, 5.41) is 0.0580. The lowest BCUT2D eigenvalue weighted by molar-refractivity contribution is -0.141. The summed E-state index contributed by atoms with van der Waals surface area (Å²) in [6.45, 7) is -0.334. The number of rotatable bonds is 1. The zero-order chi connectivity index (χ0) is 16.9. The van der Waals surface area contributed by atoms with Gasteiger partial charge in [-0.2, -0.15) is 13.2 Å². The summed E-state index contributed by atoms with van der Waals surface area (Å²) in [4.78, 5) is 37.1. The molecule has 2 heterocycles. The van der Waals surface area contributed by atoms with Crippen LogP contribution < -0.4 is 16.0 Å². The molecule has 0 radical (unpaired) electrons. The second-order valence-electron chi connectivity index (χ2n) is 4.64. The largest absolute Gasteiger partial charge is 0.482 e. The number of nitrogens with zero attached hydrogens (tertiary/aromatic N) is 1. The fourth-order valence-electron chi connectivity index (χ4n) is 2.22. The van der Waals surface area contributed by atoms with Gasteiger partial charge in [0.25, 0.3) is 5.56 Å². The highest BCUT2D eigenvalue weighted by Gasteiger charge is 2.34. The normalized spacial score (nSPS) is 13.8. The quantitative estimate of drug-likeness (QED) is 0.853. The summed E-state index contributed by atoms with van der Waals surface area (Å²) >= 11 is 5.87. The van der Waals surface area contributed by atoms with Gasteiger partial charge in [0, 0.05) is 6.07 Å². The van der Waals surface area contributed by atoms with Gasteiger partial charge in [-0.05, 0) is 12.1 Å². The number of aromatic nitrogens is 2. The van der Waals surface area contributed by atoms with E-state index in [2.05, 4.69) is 0 Å². The molecule has 0 saturated carbocycles. The van der Waals surface area contributed by atoms with Crippen molar-refractivity contribution in [3.05, 3.63) is 55.3 Å². The van der Waals surface area contributed by atoms with Crippen molar-refractivity contribution in [3.63, 3.8) is 0 Å². The number of carbonyl (C=O) groups is 1. The maximum atomic E-state index is 12.6. The fourth-order valence-corrected chi connectivity index (χ4v) is 2.47. The van der Waals surface area contributed by atoms with Gasteiger partial charge in [0.05, 0.1) is 16.3 Å². The Labute approximate surface area is 130 Å². The summed E-state index contributed by atoms with van der Waals surface area (Å²) < 4.78 is 43.4. The van der Waals surface area contributed by atoms with Crippen LogP contribution in [0, 0.1) is 0 Å². The number of carbonyl (C=O) groups excluding carboxylic acids is 1. The number of aromatic amines is 1. The van der Waals surface area contributed by atoms with E-state index in [0.29, 0.717) is 4.57 Å². The number of ketones is 1. The van der Waals surface area contributed by atoms with Crippen LogP contribution in [0.15, 0.2) is 27.8 Å². The Balaban J connectivity index is 2.29. The fraction of sp³-hybridized carbons (Fsp3) is 0.154. The van der Waals surface area contributed by atoms with Gasteiger partial charge in [-0.25, -0.2) is 9.36 Å². The second kappa shape index (κ2) is 4.98. The molecule has 23 heavy (non-hydrogen) atoms. The van der Waals surface area contributed by atoms with Crippen LogP contribution in [-0.2, 0) is 6.18 Å². The third-order valence-electron chi connectivity index (χ3n) is 3.19. The smallest absolute Gasteiger partial charge is 0.431 e. The SMILES string of the molecule is O=C1COc2c(-n3c(=O)cc(C(F)(F)F)[nH]c3=O)ccc(Cl)c21. The number of hydrogen-bond acceptors (Lipinski definition) is 4. The van der Waals surface area contributed by atoms with Crippen LogP contribution in [0.2, 0.25) is 5.02 Å². The first-order valence-corrected chi connectivity index (χ1v) is 6.50. The monoisotopic (exact) mass is 346 g/mol. The first-order chi connectivity index (χ1) is 10.7. The molecule has 0 amide bonds. The maximum Gasteiger partial charge on any atom is 0.431 e. The van der Waals surface area contributed by atoms with Crippen molar-refractivity contribution in [1.29, 1.82) is 0 Å². The Morgan fingerprint density at radius 2 is 1.91 bits per heavy atom. The van der Waals surface area contributed by atoms with E-state index in [1.54, 1.807) is 4.98 Å². The number of nitrogens with one attached hydrogen (secondary N) is 1. The van der Waals surface area contributed by atoms with E-state index in [9.17, 15) is 27.6 Å². The van der Waals surface area contributed by atoms with Gasteiger partial charge >= 0.3 is 11.9 Å². The summed E-state index contributed by atoms with van der Waals surface area (Å²) in [6, 6.07) is 2.72. The van der Waals surface area contributed by atoms with E-state index in [1.165, 1.54) is 12.1 Å². The molecule has 0 bridgehead atoms. The van der Waals surface area contributed by atoms with Gasteiger partial charge in [-0.1, -0.05) is 11.6 Å². The summed E-state index contributed by atoms with van der Waals surface area (Å²) in [6.07, 6.45) is -4.87. The first kappa shape index (κ1) is 15.3. The Hall–Kier alpha value is -2.55. The molecular weight excluding hydrogens is 341 g/mol. The number of fused-ring (bicyclic) bond motifs is 1. The highest BCUT2D eigenvalue weighted by atomic mass is 35.5. The maximum absolute atomic E-state index is 12.6. The molecule has 2 aromatic rings. The van der Waals surface area contributed by atoms with E-state index in [1.807, 2.05) is 0 Å². The van der Waals surface area contributed by atoms with Crippen molar-refractivity contribution >= 4 is 17.4 Å². The average molecular weight is 347 g/mol. The predicted octanol–water partition coefficient (Wildman–Crippen LogP) is 1.77. The highest BCUT2D eigenvalue weighted by Crippen LogP contribution is 2.36. The number of ether oxygens (including phenoxy) is 1. The van der Waals surface area contributed by atoms with E-state index in [-0.39, 0.29) is 34.7 Å². The van der Waals surface area contributed by atoms with E-state index in [0.717, 1.165) is 0 Å². The molecule has 1 aliphatic heterocycles. The predicted molar refractivity (Wildman–Crippen MR) is 72.5 cm³/mol. The van der Waals surface area contributed by atoms with Gasteiger partial charge < -0.3 is 9.72 Å². The summed E-state index contributed by atoms with van der Waals surface area (Å²) in [7, 11) is 0. The van der Waals surface area contributed by atoms with E-state index < -0.39 is 28.9 Å². The number of alkyl halides is 3. The molecule has 0 fully saturated rings. The Kier molecular flexibility index (Phi) is 3.33. The van der Waals surface area contributed by atoms with Crippen molar-refractivity contribution in [2.75, 3.05) is 6.61 Å². The van der Waals surface area contributed by atoms with Crippen molar-refractivity contribution < 1.29 is 22.7 Å². The molecule has 3 rings (SSSR count). The summed E-state index contributed by atoms with van der Waals surface area (Å²) in [5.41, 5.74) is -4.16. The van der Waals surface area contributed by atoms with Crippen molar-refractivity contribution in [2.45, 2.75) is 6.18 Å². The van der Waals surface area contributed by atoms with Crippen LogP contribution in [0.5, 0.6) is 5.75 Å². The molecule has 0 spiro atoms. The number of hydrogen-bond donors (Lipinski definition) is 1. The topological polar surface area (TPSA) is 81.2 Å². The minimum Gasteiger partial charge on any atom is -0.482 e. The zero-order valence-electron chi connectivity index (χ0n) is 11.0. The number of halogens is 4. The van der Waals surface area contributed by atoms with Crippen LogP contribution in [0.25, 0.3) is 5.69 Å². The molecule has 120 valence electrons. The zero-order valence-corrected chi connectivity index (χ0v) is 11.8. The van der Waals surface area contributed by atoms with E-state index in [4.69, 9.17) is 16.3 Å². The highest BCUT2D eigenvalue weighted by molar-refractivity contribution is 6.35.